The number of sulfonamides is 1. The van der Waals surface area contributed by atoms with E-state index < -0.39 is 15.8 Å². The second-order valence-electron chi connectivity index (χ2n) is 4.77. The second kappa shape index (κ2) is 7.57. The molecule has 0 saturated carbocycles. The Morgan fingerprint density at radius 1 is 1.52 bits per heavy atom. The van der Waals surface area contributed by atoms with Gasteiger partial charge in [-0.3, -0.25) is 0 Å². The predicted molar refractivity (Wildman–Crippen MR) is 87.2 cm³/mol. The van der Waals surface area contributed by atoms with Gasteiger partial charge < -0.3 is 5.32 Å². The van der Waals surface area contributed by atoms with Crippen LogP contribution in [0.1, 0.15) is 6.42 Å². The van der Waals surface area contributed by atoms with Crippen molar-refractivity contribution in [3.8, 4) is 0 Å². The van der Waals surface area contributed by atoms with Gasteiger partial charge >= 0.3 is 0 Å². The van der Waals surface area contributed by atoms with E-state index in [2.05, 4.69) is 21.2 Å². The minimum absolute atomic E-state index is 0. The van der Waals surface area contributed by atoms with Crippen molar-refractivity contribution in [2.45, 2.75) is 11.3 Å². The van der Waals surface area contributed by atoms with Gasteiger partial charge in [0.05, 0.1) is 5.02 Å². The van der Waals surface area contributed by atoms with Crippen molar-refractivity contribution >= 4 is 50.0 Å². The highest BCUT2D eigenvalue weighted by Gasteiger charge is 2.34. The lowest BCUT2D eigenvalue weighted by Crippen LogP contribution is -2.31. The van der Waals surface area contributed by atoms with Crippen LogP contribution in [-0.4, -0.2) is 39.4 Å². The number of rotatable bonds is 4. The summed E-state index contributed by atoms with van der Waals surface area (Å²) >= 11 is 8.94. The molecule has 2 rings (SSSR count). The van der Waals surface area contributed by atoms with Crippen LogP contribution in [-0.2, 0) is 10.0 Å². The Labute approximate surface area is 143 Å². The SMILES string of the molecule is CNCC1CCN(S(=O)(=O)c2cc(Cl)c(Br)cc2F)C1.Cl. The molecule has 9 heteroatoms. The van der Waals surface area contributed by atoms with Gasteiger partial charge in [0.1, 0.15) is 10.7 Å². The first-order valence-corrected chi connectivity index (χ1v) is 8.76. The van der Waals surface area contributed by atoms with Gasteiger partial charge in [-0.1, -0.05) is 11.6 Å². The van der Waals surface area contributed by atoms with Crippen molar-refractivity contribution in [1.82, 2.24) is 9.62 Å². The summed E-state index contributed by atoms with van der Waals surface area (Å²) < 4.78 is 40.5. The van der Waals surface area contributed by atoms with Crippen LogP contribution in [0, 0.1) is 11.7 Å². The number of nitrogens with zero attached hydrogens (tertiary/aromatic N) is 1. The minimum atomic E-state index is -3.83. The van der Waals surface area contributed by atoms with E-state index >= 15 is 0 Å². The Morgan fingerprint density at radius 2 is 2.19 bits per heavy atom. The number of benzene rings is 1. The second-order valence-corrected chi connectivity index (χ2v) is 7.94. The quantitative estimate of drug-likeness (QED) is 0.760. The first kappa shape index (κ1) is 19.1. The summed E-state index contributed by atoms with van der Waals surface area (Å²) in [5.41, 5.74) is 0. The van der Waals surface area contributed by atoms with Gasteiger partial charge in [-0.25, -0.2) is 12.8 Å². The van der Waals surface area contributed by atoms with Crippen LogP contribution < -0.4 is 5.32 Å². The van der Waals surface area contributed by atoms with Gasteiger partial charge in [-0.2, -0.15) is 4.31 Å². The maximum atomic E-state index is 13.9. The third-order valence-electron chi connectivity index (χ3n) is 3.33. The number of halogens is 4. The maximum absolute atomic E-state index is 13.9. The zero-order valence-electron chi connectivity index (χ0n) is 11.3. The lowest BCUT2D eigenvalue weighted by Gasteiger charge is -2.17. The smallest absolute Gasteiger partial charge is 0.246 e. The van der Waals surface area contributed by atoms with Crippen molar-refractivity contribution in [1.29, 1.82) is 0 Å². The number of nitrogens with one attached hydrogen (secondary N) is 1. The molecule has 1 aromatic rings. The summed E-state index contributed by atoms with van der Waals surface area (Å²) in [6.07, 6.45) is 0.770. The molecule has 1 N–H and O–H groups in total. The van der Waals surface area contributed by atoms with Crippen LogP contribution in [0.25, 0.3) is 0 Å². The lowest BCUT2D eigenvalue weighted by molar-refractivity contribution is 0.446. The molecule has 4 nitrogen and oxygen atoms in total. The standard InChI is InChI=1S/C12H15BrClFN2O2S.ClH/c1-16-6-8-2-3-17(7-8)20(18,19)12-5-10(14)9(13)4-11(12)15;/h4-5,8,16H,2-3,6-7H2,1H3;1H. The molecule has 0 amide bonds. The summed E-state index contributed by atoms with van der Waals surface area (Å²) in [6, 6.07) is 2.23. The van der Waals surface area contributed by atoms with Gasteiger partial charge in [0, 0.05) is 17.6 Å². The average molecular weight is 422 g/mol. The van der Waals surface area contributed by atoms with E-state index in [1.54, 1.807) is 0 Å². The number of hydrogen-bond acceptors (Lipinski definition) is 3. The summed E-state index contributed by atoms with van der Waals surface area (Å²) in [6.45, 7) is 1.55. The first-order chi connectivity index (χ1) is 9.36. The molecular weight excluding hydrogens is 406 g/mol. The number of hydrogen-bond donors (Lipinski definition) is 1. The van der Waals surface area contributed by atoms with Crippen molar-refractivity contribution in [2.24, 2.45) is 5.92 Å². The van der Waals surface area contributed by atoms with Crippen molar-refractivity contribution in [2.75, 3.05) is 26.7 Å². The maximum Gasteiger partial charge on any atom is 0.246 e. The van der Waals surface area contributed by atoms with Crippen LogP contribution in [0.15, 0.2) is 21.5 Å². The fraction of sp³-hybridized carbons (Fsp3) is 0.500. The predicted octanol–water partition coefficient (Wildman–Crippen LogP) is 2.89. The van der Waals surface area contributed by atoms with Crippen LogP contribution >= 0.6 is 39.9 Å². The normalized spacial score (nSPS) is 19.5. The average Bonchev–Trinajstić information content (AvgIpc) is 2.83. The lowest BCUT2D eigenvalue weighted by atomic mass is 10.1. The summed E-state index contributed by atoms with van der Waals surface area (Å²) in [5.74, 6) is -0.540. The largest absolute Gasteiger partial charge is 0.319 e. The van der Waals surface area contributed by atoms with Gasteiger partial charge in [0.15, 0.2) is 0 Å². The van der Waals surface area contributed by atoms with Crippen LogP contribution in [0.4, 0.5) is 4.39 Å². The minimum Gasteiger partial charge on any atom is -0.319 e. The summed E-state index contributed by atoms with van der Waals surface area (Å²) in [4.78, 5) is -0.365. The highest BCUT2D eigenvalue weighted by Crippen LogP contribution is 2.31. The molecule has 1 atom stereocenters. The first-order valence-electron chi connectivity index (χ1n) is 6.15. The zero-order chi connectivity index (χ0) is 14.9. The van der Waals surface area contributed by atoms with E-state index in [0.29, 0.717) is 17.6 Å². The van der Waals surface area contributed by atoms with Crippen molar-refractivity contribution in [3.05, 3.63) is 27.4 Å². The molecule has 120 valence electrons. The van der Waals surface area contributed by atoms with Gasteiger partial charge in [0.2, 0.25) is 10.0 Å². The zero-order valence-corrected chi connectivity index (χ0v) is 15.2. The molecule has 0 aliphatic carbocycles. The molecular formula is C12H16BrCl2FN2O2S. The third kappa shape index (κ3) is 4.09. The Bertz CT molecular complexity index is 616. The topological polar surface area (TPSA) is 49.4 Å². The Kier molecular flexibility index (Phi) is 6.89. The molecule has 1 aromatic carbocycles. The van der Waals surface area contributed by atoms with E-state index in [9.17, 15) is 12.8 Å². The highest BCUT2D eigenvalue weighted by molar-refractivity contribution is 9.10. The fourth-order valence-electron chi connectivity index (χ4n) is 2.31. The van der Waals surface area contributed by atoms with Crippen LogP contribution in [0.5, 0.6) is 0 Å². The van der Waals surface area contributed by atoms with Crippen LogP contribution in [0.2, 0.25) is 5.02 Å². The van der Waals surface area contributed by atoms with Gasteiger partial charge in [0.25, 0.3) is 0 Å². The van der Waals surface area contributed by atoms with E-state index in [-0.39, 0.29) is 28.2 Å². The summed E-state index contributed by atoms with van der Waals surface area (Å²) in [7, 11) is -2.01. The summed E-state index contributed by atoms with van der Waals surface area (Å²) in [5, 5.41) is 3.20. The molecule has 1 heterocycles. The van der Waals surface area contributed by atoms with E-state index in [1.807, 2.05) is 7.05 Å². The Balaban J connectivity index is 0.00000220. The molecule has 1 aliphatic heterocycles. The van der Waals surface area contributed by atoms with E-state index in [4.69, 9.17) is 11.6 Å². The Hall–Kier alpha value is 0.0800. The monoisotopic (exact) mass is 420 g/mol. The molecule has 1 fully saturated rings. The van der Waals surface area contributed by atoms with Crippen molar-refractivity contribution < 1.29 is 12.8 Å². The third-order valence-corrected chi connectivity index (χ3v) is 6.41. The molecule has 21 heavy (non-hydrogen) atoms. The molecule has 0 bridgehead atoms. The Morgan fingerprint density at radius 3 is 2.81 bits per heavy atom. The molecule has 0 aromatic heterocycles. The molecule has 0 spiro atoms. The van der Waals surface area contributed by atoms with Gasteiger partial charge in [-0.05, 0) is 54.0 Å². The van der Waals surface area contributed by atoms with Crippen LogP contribution in [0.3, 0.4) is 0 Å². The van der Waals surface area contributed by atoms with Crippen molar-refractivity contribution in [3.63, 3.8) is 0 Å². The highest BCUT2D eigenvalue weighted by atomic mass is 79.9. The molecule has 1 aliphatic rings. The molecule has 1 saturated heterocycles. The molecule has 0 radical (unpaired) electrons. The fourth-order valence-corrected chi connectivity index (χ4v) is 4.46. The van der Waals surface area contributed by atoms with E-state index in [1.165, 1.54) is 4.31 Å². The van der Waals surface area contributed by atoms with E-state index in [0.717, 1.165) is 25.1 Å². The molecule has 1 unspecified atom stereocenters. The van der Waals surface area contributed by atoms with Gasteiger partial charge in [-0.15, -0.1) is 12.4 Å².